The van der Waals surface area contributed by atoms with E-state index in [-0.39, 0.29) is 17.4 Å². The second-order valence-corrected chi connectivity index (χ2v) is 7.40. The van der Waals surface area contributed by atoms with Crippen molar-refractivity contribution in [1.82, 2.24) is 0 Å². The quantitative estimate of drug-likeness (QED) is 0.867. The lowest BCUT2D eigenvalue weighted by Gasteiger charge is -2.31. The van der Waals surface area contributed by atoms with Crippen molar-refractivity contribution in [3.8, 4) is 0 Å². The maximum absolute atomic E-state index is 13.7. The van der Waals surface area contributed by atoms with Crippen LogP contribution in [0.15, 0.2) is 64.7 Å². The molecule has 2 N–H and O–H groups in total. The van der Waals surface area contributed by atoms with Gasteiger partial charge in [-0.05, 0) is 61.1 Å². The highest BCUT2D eigenvalue weighted by molar-refractivity contribution is 6.46. The molecule has 0 aromatic heterocycles. The molecule has 2 amide bonds. The first-order valence-corrected chi connectivity index (χ1v) is 9.68. The van der Waals surface area contributed by atoms with Crippen LogP contribution in [0.5, 0.6) is 0 Å². The molecule has 148 valence electrons. The maximum atomic E-state index is 13.7. The largest absolute Gasteiger partial charge is 0.364 e. The van der Waals surface area contributed by atoms with Crippen molar-refractivity contribution in [2.45, 2.75) is 32.2 Å². The molecule has 2 aliphatic rings. The third-order valence-corrected chi connectivity index (χ3v) is 5.56. The number of nitrogens with two attached hydrogens (primary N) is 1. The summed E-state index contributed by atoms with van der Waals surface area (Å²) in [6, 6.07) is 13.5. The number of aryl methyl sites for hydroxylation is 1. The number of halogens is 1. The van der Waals surface area contributed by atoms with Crippen LogP contribution in [0, 0.1) is 12.7 Å². The summed E-state index contributed by atoms with van der Waals surface area (Å²) in [6.45, 7) is 2.43. The van der Waals surface area contributed by atoms with Gasteiger partial charge >= 0.3 is 0 Å². The minimum absolute atomic E-state index is 0.116. The molecule has 1 unspecified atom stereocenters. The van der Waals surface area contributed by atoms with E-state index in [2.05, 4.69) is 4.99 Å². The number of benzene rings is 2. The molecule has 1 atom stereocenters. The van der Waals surface area contributed by atoms with Gasteiger partial charge < -0.3 is 10.6 Å². The number of para-hydroxylation sites is 1. The van der Waals surface area contributed by atoms with Gasteiger partial charge in [-0.3, -0.25) is 14.6 Å². The Balaban J connectivity index is 1.72. The van der Waals surface area contributed by atoms with Crippen molar-refractivity contribution in [3.63, 3.8) is 0 Å². The average Bonchev–Trinajstić information content (AvgIpc) is 2.90. The minimum atomic E-state index is -0.655. The van der Waals surface area contributed by atoms with E-state index in [4.69, 9.17) is 5.73 Å². The molecule has 0 bridgehead atoms. The van der Waals surface area contributed by atoms with Gasteiger partial charge in [0, 0.05) is 17.8 Å². The van der Waals surface area contributed by atoms with Crippen LogP contribution < -0.4 is 10.6 Å². The molecule has 2 aliphatic heterocycles. The summed E-state index contributed by atoms with van der Waals surface area (Å²) in [7, 11) is 0. The zero-order chi connectivity index (χ0) is 20.5. The number of rotatable bonds is 3. The first-order valence-electron chi connectivity index (χ1n) is 9.68. The Kier molecular flexibility index (Phi) is 5.01. The molecule has 0 aliphatic carbocycles. The summed E-state index contributed by atoms with van der Waals surface area (Å²) >= 11 is 0. The lowest BCUT2D eigenvalue weighted by Crippen LogP contribution is -2.40. The van der Waals surface area contributed by atoms with Crippen molar-refractivity contribution in [2.24, 2.45) is 10.7 Å². The Morgan fingerprint density at radius 2 is 1.93 bits per heavy atom. The smallest absolute Gasteiger partial charge is 0.267 e. The van der Waals surface area contributed by atoms with E-state index in [9.17, 15) is 14.0 Å². The van der Waals surface area contributed by atoms with E-state index >= 15 is 0 Å². The molecule has 5 nitrogen and oxygen atoms in total. The molecule has 0 saturated heterocycles. The van der Waals surface area contributed by atoms with Crippen LogP contribution in [0.4, 0.5) is 10.1 Å². The fraction of sp³-hybridized carbons (Fsp3) is 0.261. The highest BCUT2D eigenvalue weighted by Crippen LogP contribution is 2.36. The van der Waals surface area contributed by atoms with Crippen molar-refractivity contribution in [1.29, 1.82) is 0 Å². The predicted octanol–water partition coefficient (Wildman–Crippen LogP) is 3.63. The number of aliphatic imine (C=N–C) groups is 1. The molecule has 2 aromatic carbocycles. The van der Waals surface area contributed by atoms with Gasteiger partial charge in [-0.15, -0.1) is 0 Å². The standard InChI is InChI=1S/C23H22FN3O2/c1-14-5-2-3-8-20(14)27-12-11-17-18(23(27)29)9-10-19(26-21(17)22(25)28)15-6-4-7-16(24)13-15/h2-8,13,19H,9-12H2,1H3,(H2,25,28). The summed E-state index contributed by atoms with van der Waals surface area (Å²) in [5, 5.41) is 0. The normalized spacial score (nSPS) is 19.5. The van der Waals surface area contributed by atoms with E-state index in [1.165, 1.54) is 12.1 Å². The number of hydrogen-bond acceptors (Lipinski definition) is 3. The Morgan fingerprint density at radius 1 is 1.14 bits per heavy atom. The predicted molar refractivity (Wildman–Crippen MR) is 110 cm³/mol. The van der Waals surface area contributed by atoms with Crippen molar-refractivity contribution >= 4 is 23.2 Å². The first-order chi connectivity index (χ1) is 14.0. The van der Waals surface area contributed by atoms with Gasteiger partial charge in [-0.25, -0.2) is 4.39 Å². The van der Waals surface area contributed by atoms with Gasteiger partial charge in [0.15, 0.2) is 0 Å². The summed E-state index contributed by atoms with van der Waals surface area (Å²) in [6.07, 6.45) is 1.47. The summed E-state index contributed by atoms with van der Waals surface area (Å²) < 4.78 is 13.7. The molecule has 29 heavy (non-hydrogen) atoms. The molecule has 0 spiro atoms. The fourth-order valence-corrected chi connectivity index (χ4v) is 4.13. The van der Waals surface area contributed by atoms with E-state index in [0.717, 1.165) is 11.3 Å². The SMILES string of the molecule is Cc1ccccc1N1CCC2=C(CCC(c3cccc(F)c3)N=C2C(N)=O)C1=O. The van der Waals surface area contributed by atoms with Crippen LogP contribution in [-0.4, -0.2) is 24.1 Å². The van der Waals surface area contributed by atoms with Crippen LogP contribution in [-0.2, 0) is 9.59 Å². The van der Waals surface area contributed by atoms with E-state index in [1.807, 2.05) is 31.2 Å². The number of hydrogen-bond donors (Lipinski definition) is 1. The third-order valence-electron chi connectivity index (χ3n) is 5.56. The molecule has 0 saturated carbocycles. The number of nitrogens with zero attached hydrogens (tertiary/aromatic N) is 2. The fourth-order valence-electron chi connectivity index (χ4n) is 4.13. The van der Waals surface area contributed by atoms with Gasteiger partial charge in [0.2, 0.25) is 0 Å². The molecule has 0 radical (unpaired) electrons. The number of primary amides is 1. The van der Waals surface area contributed by atoms with Gasteiger partial charge in [0.25, 0.3) is 11.8 Å². The number of carbonyl (C=O) groups is 2. The Bertz CT molecular complexity index is 1060. The zero-order valence-electron chi connectivity index (χ0n) is 16.2. The van der Waals surface area contributed by atoms with Crippen LogP contribution in [0.1, 0.15) is 36.4 Å². The molecule has 2 heterocycles. The van der Waals surface area contributed by atoms with Crippen molar-refractivity contribution in [3.05, 3.63) is 76.6 Å². The molecule has 4 rings (SSSR count). The lowest BCUT2D eigenvalue weighted by molar-refractivity contribution is -0.115. The topological polar surface area (TPSA) is 75.8 Å². The molecular formula is C23H22FN3O2. The summed E-state index contributed by atoms with van der Waals surface area (Å²) in [5.41, 5.74) is 9.53. The number of carbonyl (C=O) groups excluding carboxylic acids is 2. The van der Waals surface area contributed by atoms with Gasteiger partial charge in [0.05, 0.1) is 6.04 Å². The highest BCUT2D eigenvalue weighted by atomic mass is 19.1. The molecule has 2 aromatic rings. The van der Waals surface area contributed by atoms with Gasteiger partial charge in [-0.1, -0.05) is 30.3 Å². The first kappa shape index (κ1) is 19.1. The highest BCUT2D eigenvalue weighted by Gasteiger charge is 2.34. The third kappa shape index (κ3) is 3.58. The van der Waals surface area contributed by atoms with E-state index in [1.54, 1.807) is 17.0 Å². The minimum Gasteiger partial charge on any atom is -0.364 e. The van der Waals surface area contributed by atoms with Gasteiger partial charge in [0.1, 0.15) is 11.5 Å². The van der Waals surface area contributed by atoms with Gasteiger partial charge in [-0.2, -0.15) is 0 Å². The van der Waals surface area contributed by atoms with Crippen molar-refractivity contribution in [2.75, 3.05) is 11.4 Å². The maximum Gasteiger partial charge on any atom is 0.267 e. The van der Waals surface area contributed by atoms with E-state index < -0.39 is 11.9 Å². The van der Waals surface area contributed by atoms with Crippen molar-refractivity contribution < 1.29 is 14.0 Å². The summed E-state index contributed by atoms with van der Waals surface area (Å²) in [5.74, 6) is -1.13. The Hall–Kier alpha value is -3.28. The Morgan fingerprint density at radius 3 is 2.66 bits per heavy atom. The zero-order valence-corrected chi connectivity index (χ0v) is 16.2. The lowest BCUT2D eigenvalue weighted by atomic mass is 9.91. The molecular weight excluding hydrogens is 369 g/mol. The van der Waals surface area contributed by atoms with E-state index in [0.29, 0.717) is 42.5 Å². The second-order valence-electron chi connectivity index (χ2n) is 7.40. The Labute approximate surface area is 168 Å². The van der Waals surface area contributed by atoms with Crippen LogP contribution >= 0.6 is 0 Å². The molecule has 6 heteroatoms. The number of amides is 2. The molecule has 0 fully saturated rings. The monoisotopic (exact) mass is 391 g/mol. The van der Waals surface area contributed by atoms with Crippen LogP contribution in [0.3, 0.4) is 0 Å². The van der Waals surface area contributed by atoms with Crippen LogP contribution in [0.25, 0.3) is 0 Å². The average molecular weight is 391 g/mol. The summed E-state index contributed by atoms with van der Waals surface area (Å²) in [4.78, 5) is 31.8. The number of anilines is 1. The van der Waals surface area contributed by atoms with Crippen LogP contribution in [0.2, 0.25) is 0 Å². The second kappa shape index (κ2) is 7.62.